The van der Waals surface area contributed by atoms with Gasteiger partial charge in [-0.25, -0.2) is 0 Å². The maximum absolute atomic E-state index is 14.3. The standard InChI is InChI=1S/C64H90O7/c1-41(2)44-15-21-50-47(37-44)18-24-53-59(50,6)27-12-30-62(53,9)56(65)69-35-33-68-34-36-70-57(66)63(10)31-13-28-61(8)52-23-17-46(39-49(52)20-26-54(61)63)43(5)40-71-58(67)64(11)32-14-29-60(7)51-22-16-45(42(3)4)38-48(51)19-25-55(60)64/h15-17,21,23,37-39,41-43,51,53-55H,12-14,18-20,22,24-36,40H2,1-11H3/t43?,51?,53?,54?,55?,59-,60-,61+,62+,63-,64+/m1/s1. The van der Waals surface area contributed by atoms with Crippen molar-refractivity contribution < 1.29 is 33.3 Å². The number of ether oxygens (including phenoxy) is 4. The summed E-state index contributed by atoms with van der Waals surface area (Å²) in [4.78, 5) is 42.2. The van der Waals surface area contributed by atoms with E-state index in [2.05, 4.69) is 125 Å². The first-order valence-corrected chi connectivity index (χ1v) is 28.5. The van der Waals surface area contributed by atoms with Crippen molar-refractivity contribution in [2.24, 2.45) is 51.2 Å². The maximum Gasteiger partial charge on any atom is 0.312 e. The van der Waals surface area contributed by atoms with Gasteiger partial charge >= 0.3 is 17.9 Å². The molecular formula is C64H90O7. The van der Waals surface area contributed by atoms with Crippen LogP contribution in [0.1, 0.15) is 211 Å². The number of hydrogen-bond donors (Lipinski definition) is 0. The Hall–Kier alpha value is -3.71. The molecule has 0 saturated heterocycles. The minimum absolute atomic E-state index is 0.00104. The number of fused-ring (bicyclic) bond motifs is 9. The van der Waals surface area contributed by atoms with Crippen molar-refractivity contribution in [3.63, 3.8) is 0 Å². The Kier molecular flexibility index (Phi) is 14.6. The summed E-state index contributed by atoms with van der Waals surface area (Å²) in [5, 5.41) is 0. The molecule has 4 saturated carbocycles. The van der Waals surface area contributed by atoms with Gasteiger partial charge in [-0.05, 0) is 195 Å². The molecule has 4 fully saturated rings. The van der Waals surface area contributed by atoms with Crippen LogP contribution < -0.4 is 0 Å². The molecular weight excluding hydrogens is 881 g/mol. The van der Waals surface area contributed by atoms with Gasteiger partial charge in [0.25, 0.3) is 0 Å². The van der Waals surface area contributed by atoms with Crippen LogP contribution in [0.15, 0.2) is 59.7 Å². The third-order valence-corrected chi connectivity index (χ3v) is 21.3. The monoisotopic (exact) mass is 971 g/mol. The van der Waals surface area contributed by atoms with Crippen molar-refractivity contribution in [1.82, 2.24) is 0 Å². The fraction of sp³-hybridized carbons (Fsp3) is 0.703. The molecule has 0 bridgehead atoms. The van der Waals surface area contributed by atoms with Gasteiger partial charge in [-0.3, -0.25) is 14.4 Å². The molecule has 0 radical (unpaired) electrons. The van der Waals surface area contributed by atoms with Crippen LogP contribution in [0.3, 0.4) is 0 Å². The van der Waals surface area contributed by atoms with Gasteiger partial charge in [0.05, 0.1) is 36.1 Å². The number of esters is 3. The molecule has 0 N–H and O–H groups in total. The van der Waals surface area contributed by atoms with Gasteiger partial charge in [-0.2, -0.15) is 0 Å². The highest BCUT2D eigenvalue weighted by molar-refractivity contribution is 5.79. The van der Waals surface area contributed by atoms with Crippen LogP contribution in [-0.2, 0) is 57.0 Å². The van der Waals surface area contributed by atoms with Crippen LogP contribution in [-0.4, -0.2) is 50.9 Å². The lowest BCUT2D eigenvalue weighted by Crippen LogP contribution is -2.54. The zero-order valence-electron chi connectivity index (χ0n) is 45.9. The largest absolute Gasteiger partial charge is 0.465 e. The maximum atomic E-state index is 14.3. The summed E-state index contributed by atoms with van der Waals surface area (Å²) in [6.45, 7) is 26.3. The molecule has 388 valence electrons. The molecule has 2 aromatic rings. The fourth-order valence-corrected chi connectivity index (χ4v) is 17.1. The number of allylic oxidation sites excluding steroid dienone is 4. The number of hydrogen-bond acceptors (Lipinski definition) is 7. The van der Waals surface area contributed by atoms with E-state index in [1.807, 2.05) is 0 Å². The first-order valence-electron chi connectivity index (χ1n) is 28.5. The average molecular weight is 971 g/mol. The lowest BCUT2D eigenvalue weighted by atomic mass is 9.46. The number of rotatable bonds is 14. The molecule has 0 aliphatic heterocycles. The molecule has 0 amide bonds. The minimum atomic E-state index is -0.590. The second-order valence-electron chi connectivity index (χ2n) is 26.2. The Balaban J connectivity index is 0.747. The summed E-state index contributed by atoms with van der Waals surface area (Å²) in [5.74, 6) is 2.16. The number of carbonyl (C=O) groups is 3. The van der Waals surface area contributed by atoms with E-state index in [1.165, 1.54) is 45.4 Å². The van der Waals surface area contributed by atoms with Gasteiger partial charge in [-0.15, -0.1) is 0 Å². The van der Waals surface area contributed by atoms with Crippen molar-refractivity contribution in [2.75, 3.05) is 33.0 Å². The fourth-order valence-electron chi connectivity index (χ4n) is 17.1. The highest BCUT2D eigenvalue weighted by Crippen LogP contribution is 2.64. The van der Waals surface area contributed by atoms with Gasteiger partial charge in [0.1, 0.15) is 13.2 Å². The molecule has 0 aromatic heterocycles. The van der Waals surface area contributed by atoms with Crippen LogP contribution >= 0.6 is 0 Å². The Morgan fingerprint density at radius 2 is 1.06 bits per heavy atom. The van der Waals surface area contributed by atoms with Gasteiger partial charge in [0, 0.05) is 5.92 Å². The molecule has 5 unspecified atom stereocenters. The molecule has 11 atom stereocenters. The average Bonchev–Trinajstić information content (AvgIpc) is 3.34. The predicted molar refractivity (Wildman–Crippen MR) is 283 cm³/mol. The van der Waals surface area contributed by atoms with Gasteiger partial charge in [-0.1, -0.05) is 129 Å². The van der Waals surface area contributed by atoms with E-state index < -0.39 is 16.2 Å². The normalized spacial score (nSPS) is 35.6. The summed E-state index contributed by atoms with van der Waals surface area (Å²) in [6.07, 6.45) is 21.0. The SMILES string of the molecule is CC(C)C1=CCC2C(=C1)CCC1[C@]2(C)CCC[C@]1(C)C(=O)OCC(C)c1ccc2c(c1)CCC1[C@](C)(C(=O)OCCOCCOC(=O)[C@@]3(C)CCC[C@]4(C)c5ccc(C(C)C)cc5CCC34)CCC[C@@]21C. The van der Waals surface area contributed by atoms with Crippen molar-refractivity contribution in [2.45, 2.75) is 202 Å². The van der Waals surface area contributed by atoms with Crippen molar-refractivity contribution in [1.29, 1.82) is 0 Å². The second-order valence-corrected chi connectivity index (χ2v) is 26.2. The summed E-state index contributed by atoms with van der Waals surface area (Å²) >= 11 is 0. The van der Waals surface area contributed by atoms with Crippen LogP contribution in [0.25, 0.3) is 0 Å². The third kappa shape index (κ3) is 9.12. The highest BCUT2D eigenvalue weighted by Gasteiger charge is 2.60. The van der Waals surface area contributed by atoms with E-state index in [0.717, 1.165) is 96.3 Å². The number of aryl methyl sites for hydroxylation is 2. The minimum Gasteiger partial charge on any atom is -0.465 e. The highest BCUT2D eigenvalue weighted by atomic mass is 16.6. The molecule has 2 aromatic carbocycles. The Morgan fingerprint density at radius 1 is 0.563 bits per heavy atom. The zero-order valence-corrected chi connectivity index (χ0v) is 45.9. The van der Waals surface area contributed by atoms with Crippen LogP contribution in [0.2, 0.25) is 0 Å². The van der Waals surface area contributed by atoms with Crippen molar-refractivity contribution in [3.05, 3.63) is 93.1 Å². The first kappa shape index (κ1) is 52.2. The lowest BCUT2D eigenvalue weighted by Gasteiger charge is -2.58. The molecule has 7 aliphatic rings. The van der Waals surface area contributed by atoms with Crippen molar-refractivity contribution in [3.8, 4) is 0 Å². The van der Waals surface area contributed by atoms with Crippen molar-refractivity contribution >= 4 is 17.9 Å². The van der Waals surface area contributed by atoms with E-state index in [1.54, 1.807) is 5.57 Å². The second kappa shape index (κ2) is 19.9. The molecule has 0 heterocycles. The Labute approximate surface area is 428 Å². The first-order chi connectivity index (χ1) is 33.7. The van der Waals surface area contributed by atoms with E-state index in [-0.39, 0.29) is 78.3 Å². The lowest BCUT2D eigenvalue weighted by molar-refractivity contribution is -0.171. The van der Waals surface area contributed by atoms with Crippen LogP contribution in [0.4, 0.5) is 0 Å². The molecule has 0 spiro atoms. The zero-order chi connectivity index (χ0) is 50.7. The molecule has 7 nitrogen and oxygen atoms in total. The Bertz CT molecular complexity index is 2410. The molecule has 7 heteroatoms. The topological polar surface area (TPSA) is 88.1 Å². The molecule has 9 rings (SSSR count). The van der Waals surface area contributed by atoms with E-state index in [4.69, 9.17) is 18.9 Å². The van der Waals surface area contributed by atoms with Gasteiger partial charge in [0.15, 0.2) is 0 Å². The smallest absolute Gasteiger partial charge is 0.312 e. The Morgan fingerprint density at radius 3 is 1.61 bits per heavy atom. The summed E-state index contributed by atoms with van der Waals surface area (Å²) in [6, 6.07) is 14.0. The summed E-state index contributed by atoms with van der Waals surface area (Å²) in [5.41, 5.74) is 9.67. The van der Waals surface area contributed by atoms with E-state index in [9.17, 15) is 14.4 Å². The molecule has 7 aliphatic carbocycles. The third-order valence-electron chi connectivity index (χ3n) is 21.3. The number of benzene rings is 2. The van der Waals surface area contributed by atoms with Crippen LogP contribution in [0, 0.1) is 51.2 Å². The van der Waals surface area contributed by atoms with Gasteiger partial charge in [0.2, 0.25) is 0 Å². The van der Waals surface area contributed by atoms with E-state index in [0.29, 0.717) is 30.3 Å². The summed E-state index contributed by atoms with van der Waals surface area (Å²) < 4.78 is 24.3. The quantitative estimate of drug-likeness (QED) is 0.106. The predicted octanol–water partition coefficient (Wildman–Crippen LogP) is 14.4. The number of carbonyl (C=O) groups excluding carboxylic acids is 3. The molecule has 71 heavy (non-hydrogen) atoms. The van der Waals surface area contributed by atoms with E-state index >= 15 is 0 Å². The van der Waals surface area contributed by atoms with Crippen LogP contribution in [0.5, 0.6) is 0 Å². The van der Waals surface area contributed by atoms with Gasteiger partial charge < -0.3 is 18.9 Å². The summed E-state index contributed by atoms with van der Waals surface area (Å²) in [7, 11) is 0.